The summed E-state index contributed by atoms with van der Waals surface area (Å²) in [4.78, 5) is 18.1. The minimum Gasteiger partial charge on any atom is -0.478 e. The van der Waals surface area contributed by atoms with Gasteiger partial charge in [0.2, 0.25) is 0 Å². The Balaban J connectivity index is 2.34. The first-order valence-corrected chi connectivity index (χ1v) is 7.12. The number of nitrogens with zero attached hydrogens (tertiary/aromatic N) is 2. The molecule has 1 N–H and O–H groups in total. The van der Waals surface area contributed by atoms with Crippen molar-refractivity contribution in [2.24, 2.45) is 0 Å². The van der Waals surface area contributed by atoms with Gasteiger partial charge in [0.25, 0.3) is 0 Å². The van der Waals surface area contributed by atoms with Gasteiger partial charge in [-0.15, -0.1) is 0 Å². The molecular weight excluding hydrogens is 240 g/mol. The van der Waals surface area contributed by atoms with E-state index in [0.29, 0.717) is 11.6 Å². The highest BCUT2D eigenvalue weighted by Gasteiger charge is 2.21. The van der Waals surface area contributed by atoms with Crippen molar-refractivity contribution < 1.29 is 9.90 Å². The highest BCUT2D eigenvalue weighted by atomic mass is 16.4. The van der Waals surface area contributed by atoms with Crippen molar-refractivity contribution in [3.8, 4) is 0 Å². The van der Waals surface area contributed by atoms with E-state index in [4.69, 9.17) is 0 Å². The number of anilines is 1. The quantitative estimate of drug-likeness (QED) is 0.905. The number of carboxylic acid groups (broad SMARTS) is 1. The smallest absolute Gasteiger partial charge is 0.335 e. The third-order valence-electron chi connectivity index (χ3n) is 3.72. The van der Waals surface area contributed by atoms with E-state index in [9.17, 15) is 9.90 Å². The number of carbonyl (C=O) groups is 1. The van der Waals surface area contributed by atoms with E-state index in [1.807, 2.05) is 0 Å². The van der Waals surface area contributed by atoms with Crippen molar-refractivity contribution in [3.63, 3.8) is 0 Å². The fourth-order valence-corrected chi connectivity index (χ4v) is 2.67. The summed E-state index contributed by atoms with van der Waals surface area (Å²) in [6, 6.07) is 3.85. The van der Waals surface area contributed by atoms with Gasteiger partial charge in [-0.25, -0.2) is 9.78 Å². The van der Waals surface area contributed by atoms with Crippen molar-refractivity contribution in [2.75, 3.05) is 11.4 Å². The van der Waals surface area contributed by atoms with Crippen LogP contribution in [0.2, 0.25) is 0 Å². The zero-order valence-electron chi connectivity index (χ0n) is 11.7. The molecule has 2 heterocycles. The highest BCUT2D eigenvalue weighted by molar-refractivity contribution is 5.88. The number of aromatic nitrogens is 1. The Bertz CT molecular complexity index is 459. The van der Waals surface area contributed by atoms with Gasteiger partial charge in [-0.3, -0.25) is 0 Å². The van der Waals surface area contributed by atoms with Crippen LogP contribution in [-0.4, -0.2) is 28.6 Å². The lowest BCUT2D eigenvalue weighted by Gasteiger charge is -2.34. The average Bonchev–Trinajstić information content (AvgIpc) is 2.39. The number of hydrogen-bond acceptors (Lipinski definition) is 3. The monoisotopic (exact) mass is 262 g/mol. The first-order valence-electron chi connectivity index (χ1n) is 7.12. The van der Waals surface area contributed by atoms with Gasteiger partial charge in [-0.1, -0.05) is 13.3 Å². The van der Waals surface area contributed by atoms with Crippen LogP contribution in [0, 0.1) is 0 Å². The van der Waals surface area contributed by atoms with E-state index in [-0.39, 0.29) is 0 Å². The van der Waals surface area contributed by atoms with Crippen molar-refractivity contribution >= 4 is 11.8 Å². The van der Waals surface area contributed by atoms with E-state index in [1.54, 1.807) is 12.1 Å². The fourth-order valence-electron chi connectivity index (χ4n) is 2.67. The van der Waals surface area contributed by atoms with Crippen LogP contribution < -0.4 is 4.90 Å². The molecule has 0 aliphatic carbocycles. The fraction of sp³-hybridized carbons (Fsp3) is 0.600. The highest BCUT2D eigenvalue weighted by Crippen LogP contribution is 2.24. The van der Waals surface area contributed by atoms with Crippen LogP contribution in [0.15, 0.2) is 12.1 Å². The molecule has 1 atom stereocenters. The lowest BCUT2D eigenvalue weighted by Crippen LogP contribution is -2.38. The molecule has 0 saturated carbocycles. The van der Waals surface area contributed by atoms with E-state index < -0.39 is 5.97 Å². The van der Waals surface area contributed by atoms with Crippen LogP contribution in [0.5, 0.6) is 0 Å². The van der Waals surface area contributed by atoms with Crippen LogP contribution in [-0.2, 0) is 6.42 Å². The second kappa shape index (κ2) is 6.04. The van der Waals surface area contributed by atoms with E-state index in [2.05, 4.69) is 23.7 Å². The Hall–Kier alpha value is -1.58. The SMILES string of the molecule is CCCc1cc(C(=O)O)cc(N2CCCCC2C)n1. The number of rotatable bonds is 4. The molecule has 1 unspecified atom stereocenters. The Kier molecular flexibility index (Phi) is 4.40. The zero-order valence-corrected chi connectivity index (χ0v) is 11.7. The van der Waals surface area contributed by atoms with Crippen LogP contribution in [0.3, 0.4) is 0 Å². The largest absolute Gasteiger partial charge is 0.478 e. The molecule has 1 aromatic heterocycles. The first-order chi connectivity index (χ1) is 9.11. The second-order valence-corrected chi connectivity index (χ2v) is 5.30. The van der Waals surface area contributed by atoms with Crippen molar-refractivity contribution in [3.05, 3.63) is 23.4 Å². The lowest BCUT2D eigenvalue weighted by atomic mass is 10.0. The van der Waals surface area contributed by atoms with Gasteiger partial charge < -0.3 is 10.0 Å². The Morgan fingerprint density at radius 1 is 1.47 bits per heavy atom. The van der Waals surface area contributed by atoms with Gasteiger partial charge in [0.15, 0.2) is 0 Å². The predicted octanol–water partition coefficient (Wildman–Crippen LogP) is 3.11. The molecule has 4 heteroatoms. The third-order valence-corrected chi connectivity index (χ3v) is 3.72. The molecule has 1 saturated heterocycles. The molecule has 0 bridgehead atoms. The molecule has 2 rings (SSSR count). The first kappa shape index (κ1) is 13.8. The van der Waals surface area contributed by atoms with Crippen LogP contribution in [0.4, 0.5) is 5.82 Å². The number of hydrogen-bond donors (Lipinski definition) is 1. The van der Waals surface area contributed by atoms with Crippen LogP contribution in [0.25, 0.3) is 0 Å². The Morgan fingerprint density at radius 3 is 2.89 bits per heavy atom. The number of aromatic carboxylic acids is 1. The maximum Gasteiger partial charge on any atom is 0.335 e. The number of piperidine rings is 1. The summed E-state index contributed by atoms with van der Waals surface area (Å²) < 4.78 is 0. The van der Waals surface area contributed by atoms with Gasteiger partial charge >= 0.3 is 5.97 Å². The van der Waals surface area contributed by atoms with Crippen molar-refractivity contribution in [1.82, 2.24) is 4.98 Å². The molecule has 19 heavy (non-hydrogen) atoms. The van der Waals surface area contributed by atoms with Gasteiger partial charge in [0, 0.05) is 18.3 Å². The maximum atomic E-state index is 11.2. The topological polar surface area (TPSA) is 53.4 Å². The maximum absolute atomic E-state index is 11.2. The van der Waals surface area contributed by atoms with Crippen molar-refractivity contribution in [2.45, 2.75) is 52.0 Å². The number of carboxylic acids is 1. The van der Waals surface area contributed by atoms with Gasteiger partial charge in [-0.2, -0.15) is 0 Å². The average molecular weight is 262 g/mol. The summed E-state index contributed by atoms with van der Waals surface area (Å²) in [7, 11) is 0. The summed E-state index contributed by atoms with van der Waals surface area (Å²) >= 11 is 0. The third kappa shape index (κ3) is 3.25. The zero-order chi connectivity index (χ0) is 13.8. The van der Waals surface area contributed by atoms with Crippen LogP contribution in [0.1, 0.15) is 55.6 Å². The van der Waals surface area contributed by atoms with E-state index >= 15 is 0 Å². The standard InChI is InChI=1S/C15H22N2O2/c1-3-6-13-9-12(15(18)19)10-14(16-13)17-8-5-4-7-11(17)2/h9-11H,3-8H2,1-2H3,(H,18,19). The molecule has 0 spiro atoms. The van der Waals surface area contributed by atoms with Gasteiger partial charge in [0.05, 0.1) is 5.56 Å². The summed E-state index contributed by atoms with van der Waals surface area (Å²) in [6.07, 6.45) is 5.37. The van der Waals surface area contributed by atoms with E-state index in [0.717, 1.165) is 43.7 Å². The minimum atomic E-state index is -0.870. The normalized spacial score (nSPS) is 19.5. The Labute approximate surface area is 114 Å². The van der Waals surface area contributed by atoms with Crippen LogP contribution >= 0.6 is 0 Å². The molecule has 1 aromatic rings. The Morgan fingerprint density at radius 2 is 2.26 bits per heavy atom. The molecule has 1 fully saturated rings. The van der Waals surface area contributed by atoms with Gasteiger partial charge in [0.1, 0.15) is 5.82 Å². The molecule has 0 amide bonds. The predicted molar refractivity (Wildman–Crippen MR) is 75.9 cm³/mol. The number of pyridine rings is 1. The minimum absolute atomic E-state index is 0.353. The molecule has 1 aliphatic rings. The molecule has 1 aliphatic heterocycles. The molecule has 0 aromatic carbocycles. The molecule has 104 valence electrons. The van der Waals surface area contributed by atoms with E-state index in [1.165, 1.54) is 6.42 Å². The van der Waals surface area contributed by atoms with Gasteiger partial charge in [-0.05, 0) is 44.7 Å². The summed E-state index contributed by atoms with van der Waals surface area (Å²) in [5.74, 6) is -0.0405. The molecular formula is C15H22N2O2. The summed E-state index contributed by atoms with van der Waals surface area (Å²) in [6.45, 7) is 5.24. The molecule has 4 nitrogen and oxygen atoms in total. The second-order valence-electron chi connectivity index (χ2n) is 5.30. The lowest BCUT2D eigenvalue weighted by molar-refractivity contribution is 0.0696. The number of aryl methyl sites for hydroxylation is 1. The molecule has 0 radical (unpaired) electrons. The summed E-state index contributed by atoms with van der Waals surface area (Å²) in [5, 5.41) is 9.22. The van der Waals surface area contributed by atoms with Crippen molar-refractivity contribution in [1.29, 1.82) is 0 Å². The summed E-state index contributed by atoms with van der Waals surface area (Å²) in [5.41, 5.74) is 1.24.